The van der Waals surface area contributed by atoms with Gasteiger partial charge in [-0.15, -0.1) is 0 Å². The third kappa shape index (κ3) is 0.901. The molecule has 0 aromatic carbocycles. The molecule has 2 atom stereocenters. The number of thioether (sulfide) groups is 2. The van der Waals surface area contributed by atoms with Crippen LogP contribution in [-0.2, 0) is 0 Å². The monoisotopic (exact) mass is 158 g/mol. The summed E-state index contributed by atoms with van der Waals surface area (Å²) in [5.41, 5.74) is 1.90. The highest BCUT2D eigenvalue weighted by Crippen LogP contribution is 2.37. The molecule has 2 nitrogen and oxygen atoms in total. The maximum atomic E-state index is 4.37. The molecule has 2 rings (SSSR count). The fourth-order valence-electron chi connectivity index (χ4n) is 0.865. The molecule has 0 bridgehead atoms. The average molecular weight is 158 g/mol. The van der Waals surface area contributed by atoms with Crippen LogP contribution in [-0.4, -0.2) is 21.3 Å². The maximum Gasteiger partial charge on any atom is 0.133 e. The lowest BCUT2D eigenvalue weighted by Crippen LogP contribution is -2.03. The zero-order valence-electron chi connectivity index (χ0n) is 4.94. The van der Waals surface area contributed by atoms with E-state index in [2.05, 4.69) is 9.98 Å². The highest BCUT2D eigenvalue weighted by molar-refractivity contribution is 8.18. The Bertz CT molecular complexity index is 187. The first-order valence-corrected chi connectivity index (χ1v) is 4.57. The number of aliphatic imine (C=N–C) groups is 2. The highest BCUT2D eigenvalue weighted by atomic mass is 32.2. The van der Waals surface area contributed by atoms with Gasteiger partial charge in [0, 0.05) is 0 Å². The average Bonchev–Trinajstić information content (AvgIpc) is 2.22. The standard InChI is InChI=1S/C5H6N2S2/c1-3-7-5-4(9-3)6-2-8-5/h2,4-5H,1H3. The van der Waals surface area contributed by atoms with Gasteiger partial charge in [-0.2, -0.15) is 0 Å². The summed E-state index contributed by atoms with van der Waals surface area (Å²) in [5, 5.41) is 1.97. The minimum atomic E-state index is 0.398. The van der Waals surface area contributed by atoms with Crippen LogP contribution in [0.15, 0.2) is 9.98 Å². The normalized spacial score (nSPS) is 39.0. The van der Waals surface area contributed by atoms with Crippen molar-refractivity contribution in [2.75, 3.05) is 0 Å². The lowest BCUT2D eigenvalue weighted by Gasteiger charge is -1.99. The second-order valence-corrected chi connectivity index (χ2v) is 4.21. The number of nitrogens with zero attached hydrogens (tertiary/aromatic N) is 2. The van der Waals surface area contributed by atoms with Crippen molar-refractivity contribution in [1.82, 2.24) is 0 Å². The lowest BCUT2D eigenvalue weighted by atomic mass is 10.6. The molecule has 0 N–H and O–H groups in total. The van der Waals surface area contributed by atoms with Gasteiger partial charge in [0.05, 0.1) is 10.6 Å². The van der Waals surface area contributed by atoms with Gasteiger partial charge in [0.1, 0.15) is 10.7 Å². The zero-order valence-corrected chi connectivity index (χ0v) is 6.58. The van der Waals surface area contributed by atoms with Crippen molar-refractivity contribution in [1.29, 1.82) is 0 Å². The van der Waals surface area contributed by atoms with Gasteiger partial charge >= 0.3 is 0 Å². The van der Waals surface area contributed by atoms with E-state index in [4.69, 9.17) is 0 Å². The number of hydrogen-bond donors (Lipinski definition) is 0. The lowest BCUT2D eigenvalue weighted by molar-refractivity contribution is 0.899. The van der Waals surface area contributed by atoms with Crippen LogP contribution < -0.4 is 0 Å². The van der Waals surface area contributed by atoms with Crippen molar-refractivity contribution in [3.8, 4) is 0 Å². The predicted molar refractivity (Wildman–Crippen MR) is 44.4 cm³/mol. The number of fused-ring (bicyclic) bond motifs is 1. The quantitative estimate of drug-likeness (QED) is 0.534. The van der Waals surface area contributed by atoms with E-state index in [9.17, 15) is 0 Å². The Labute approximate surface area is 62.2 Å². The molecule has 0 aromatic heterocycles. The number of hydrogen-bond acceptors (Lipinski definition) is 4. The first-order chi connectivity index (χ1) is 4.36. The predicted octanol–water partition coefficient (Wildman–Crippen LogP) is 1.58. The molecule has 2 unspecified atom stereocenters. The molecule has 0 spiro atoms. The summed E-state index contributed by atoms with van der Waals surface area (Å²) in [4.78, 5) is 8.60. The molecule has 2 aliphatic rings. The van der Waals surface area contributed by atoms with Crippen molar-refractivity contribution >= 4 is 34.1 Å². The summed E-state index contributed by atoms with van der Waals surface area (Å²) < 4.78 is 0. The van der Waals surface area contributed by atoms with Crippen LogP contribution in [0, 0.1) is 0 Å². The second kappa shape index (κ2) is 2.02. The Balaban J connectivity index is 2.19. The first-order valence-electron chi connectivity index (χ1n) is 2.74. The third-order valence-corrected chi connectivity index (χ3v) is 3.38. The Morgan fingerprint density at radius 2 is 2.44 bits per heavy atom. The Morgan fingerprint density at radius 3 is 3.22 bits per heavy atom. The summed E-state index contributed by atoms with van der Waals surface area (Å²) >= 11 is 3.48. The smallest absolute Gasteiger partial charge is 0.133 e. The molecule has 0 fully saturated rings. The van der Waals surface area contributed by atoms with Crippen LogP contribution in [0.4, 0.5) is 0 Å². The minimum absolute atomic E-state index is 0.398. The van der Waals surface area contributed by atoms with Crippen LogP contribution in [0.25, 0.3) is 0 Å². The van der Waals surface area contributed by atoms with E-state index >= 15 is 0 Å². The van der Waals surface area contributed by atoms with Gasteiger partial charge in [0.25, 0.3) is 0 Å². The van der Waals surface area contributed by atoms with Gasteiger partial charge in [0.15, 0.2) is 0 Å². The van der Waals surface area contributed by atoms with E-state index in [0.717, 1.165) is 0 Å². The number of rotatable bonds is 0. The van der Waals surface area contributed by atoms with Gasteiger partial charge in [-0.3, -0.25) is 9.98 Å². The second-order valence-electron chi connectivity index (χ2n) is 1.94. The molecule has 0 radical (unpaired) electrons. The molecular formula is C5H6N2S2. The largest absolute Gasteiger partial charge is 0.269 e. The Kier molecular flexibility index (Phi) is 1.30. The zero-order chi connectivity index (χ0) is 6.27. The van der Waals surface area contributed by atoms with Crippen LogP contribution in [0.1, 0.15) is 6.92 Å². The van der Waals surface area contributed by atoms with E-state index in [-0.39, 0.29) is 0 Å². The van der Waals surface area contributed by atoms with Crippen molar-refractivity contribution in [3.63, 3.8) is 0 Å². The van der Waals surface area contributed by atoms with Crippen molar-refractivity contribution < 1.29 is 0 Å². The van der Waals surface area contributed by atoms with Crippen LogP contribution in [0.3, 0.4) is 0 Å². The van der Waals surface area contributed by atoms with Crippen LogP contribution >= 0.6 is 23.5 Å². The van der Waals surface area contributed by atoms with E-state index in [0.29, 0.717) is 10.7 Å². The maximum absolute atomic E-state index is 4.37. The molecule has 48 valence electrons. The molecule has 0 aliphatic carbocycles. The fraction of sp³-hybridized carbons (Fsp3) is 0.600. The van der Waals surface area contributed by atoms with Crippen molar-refractivity contribution in [2.45, 2.75) is 17.7 Å². The first kappa shape index (κ1) is 5.80. The van der Waals surface area contributed by atoms with Gasteiger partial charge in [-0.1, -0.05) is 23.5 Å². The van der Waals surface area contributed by atoms with E-state index in [1.165, 1.54) is 5.04 Å². The SMILES string of the molecule is CC1=NC2SC=NC2S1. The summed E-state index contributed by atoms with van der Waals surface area (Å²) in [6, 6.07) is 0. The van der Waals surface area contributed by atoms with Gasteiger partial charge in [-0.05, 0) is 6.92 Å². The molecular weight excluding hydrogens is 152 g/mol. The molecule has 0 saturated heterocycles. The van der Waals surface area contributed by atoms with Gasteiger partial charge in [0.2, 0.25) is 0 Å². The van der Waals surface area contributed by atoms with E-state index < -0.39 is 0 Å². The summed E-state index contributed by atoms with van der Waals surface area (Å²) in [5.74, 6) is 0. The van der Waals surface area contributed by atoms with Crippen LogP contribution in [0.2, 0.25) is 0 Å². The van der Waals surface area contributed by atoms with E-state index in [1.807, 2.05) is 12.5 Å². The molecule has 2 heterocycles. The van der Waals surface area contributed by atoms with Crippen molar-refractivity contribution in [3.05, 3.63) is 0 Å². The summed E-state index contributed by atoms with van der Waals surface area (Å²) in [6.45, 7) is 2.04. The molecule has 0 saturated carbocycles. The summed E-state index contributed by atoms with van der Waals surface area (Å²) in [6.07, 6.45) is 0. The van der Waals surface area contributed by atoms with Gasteiger partial charge < -0.3 is 0 Å². The summed E-state index contributed by atoms with van der Waals surface area (Å²) in [7, 11) is 0. The molecule has 9 heavy (non-hydrogen) atoms. The van der Waals surface area contributed by atoms with E-state index in [1.54, 1.807) is 23.5 Å². The van der Waals surface area contributed by atoms with Crippen molar-refractivity contribution in [2.24, 2.45) is 9.98 Å². The topological polar surface area (TPSA) is 24.7 Å². The third-order valence-electron chi connectivity index (χ3n) is 1.25. The molecule has 0 aromatic rings. The van der Waals surface area contributed by atoms with Crippen LogP contribution in [0.5, 0.6) is 0 Å². The Hall–Kier alpha value is 0.0400. The molecule has 0 amide bonds. The molecule has 2 aliphatic heterocycles. The fourth-order valence-corrected chi connectivity index (χ4v) is 2.94. The minimum Gasteiger partial charge on any atom is -0.269 e. The Morgan fingerprint density at radius 1 is 1.56 bits per heavy atom. The molecule has 4 heteroatoms. The highest BCUT2D eigenvalue weighted by Gasteiger charge is 2.30. The van der Waals surface area contributed by atoms with Gasteiger partial charge in [-0.25, -0.2) is 0 Å².